The van der Waals surface area contributed by atoms with Gasteiger partial charge in [0.05, 0.1) is 19.8 Å². The molecule has 4 aromatic rings. The molecule has 0 bridgehead atoms. The summed E-state index contributed by atoms with van der Waals surface area (Å²) in [5.41, 5.74) is 4.43. The monoisotopic (exact) mass is 640 g/mol. The summed E-state index contributed by atoms with van der Waals surface area (Å²) in [6.45, 7) is 9.39. The van der Waals surface area contributed by atoms with Gasteiger partial charge < -0.3 is 19.3 Å². The van der Waals surface area contributed by atoms with Crippen molar-refractivity contribution in [3.05, 3.63) is 169 Å². The fourth-order valence-electron chi connectivity index (χ4n) is 3.49. The minimum absolute atomic E-state index is 0.0507. The molecule has 0 fully saturated rings. The average molecular weight is 642 g/mol. The zero-order valence-electron chi connectivity index (χ0n) is 24.6. The van der Waals surface area contributed by atoms with Gasteiger partial charge in [0, 0.05) is 5.33 Å². The first-order valence-electron chi connectivity index (χ1n) is 14.0. The van der Waals surface area contributed by atoms with Crippen molar-refractivity contribution >= 4 is 28.1 Å². The summed E-state index contributed by atoms with van der Waals surface area (Å²) in [7, 11) is 0. The number of benzene rings is 4. The lowest BCUT2D eigenvalue weighted by atomic mass is 10.2. The molecular formula is C38H41BrO4. The molecule has 0 heterocycles. The number of aliphatic hydroxyl groups excluding tert-OH is 1. The first-order valence-corrected chi connectivity index (χ1v) is 15.1. The molecule has 0 spiro atoms. The van der Waals surface area contributed by atoms with E-state index in [1.54, 1.807) is 18.2 Å². The minimum atomic E-state index is 0.0507. The number of alkyl halides is 1. The lowest BCUT2D eigenvalue weighted by Crippen LogP contribution is -1.95. The number of rotatable bonds is 14. The van der Waals surface area contributed by atoms with Crippen molar-refractivity contribution in [1.29, 1.82) is 0 Å². The molecule has 4 rings (SSSR count). The van der Waals surface area contributed by atoms with E-state index in [4.69, 9.17) is 19.3 Å². The number of ether oxygens (including phenoxy) is 3. The van der Waals surface area contributed by atoms with Crippen LogP contribution in [0, 0.1) is 0 Å². The van der Waals surface area contributed by atoms with Crippen molar-refractivity contribution in [1.82, 2.24) is 0 Å². The van der Waals surface area contributed by atoms with Crippen LogP contribution in [0.4, 0.5) is 0 Å². The van der Waals surface area contributed by atoms with E-state index in [1.165, 1.54) is 0 Å². The molecule has 0 aliphatic heterocycles. The van der Waals surface area contributed by atoms with Gasteiger partial charge in [-0.15, -0.1) is 13.2 Å². The smallest absolute Gasteiger partial charge is 0.120 e. The first-order chi connectivity index (χ1) is 21.2. The Morgan fingerprint density at radius 1 is 0.605 bits per heavy atom. The molecule has 0 unspecified atom stereocenters. The first kappa shape index (κ1) is 35.0. The summed E-state index contributed by atoms with van der Waals surface area (Å²) in [5.74, 6) is 1.70. The maximum absolute atomic E-state index is 8.73. The lowest BCUT2D eigenvalue weighted by molar-refractivity contribution is 0.194. The fraction of sp³-hybridized carbons (Fsp3) is 0.158. The normalized spacial score (nSPS) is 10.3. The Hall–Kier alpha value is -4.16. The maximum Gasteiger partial charge on any atom is 0.120 e. The van der Waals surface area contributed by atoms with E-state index in [0.29, 0.717) is 26.4 Å². The van der Waals surface area contributed by atoms with Crippen LogP contribution < -0.4 is 9.47 Å². The Kier molecular flexibility index (Phi) is 19.1. The zero-order valence-corrected chi connectivity index (χ0v) is 26.1. The Balaban J connectivity index is 0.000000269. The summed E-state index contributed by atoms with van der Waals surface area (Å²) in [6, 6.07) is 36.0. The molecule has 0 saturated heterocycles. The van der Waals surface area contributed by atoms with E-state index in [9.17, 15) is 0 Å². The lowest BCUT2D eigenvalue weighted by Gasteiger charge is -2.06. The molecule has 5 heteroatoms. The second-order valence-electron chi connectivity index (χ2n) is 8.95. The SMILES string of the molecule is C=CCBr.C=CCOC/C=C/c1cccc(OCc2ccccc2)c1.OC/C=C/c1cccc(OCc2ccccc2)c1. The van der Waals surface area contributed by atoms with Crippen LogP contribution in [0.5, 0.6) is 11.5 Å². The number of allylic oxidation sites excluding steroid dienone is 1. The third-order valence-electron chi connectivity index (χ3n) is 5.50. The standard InChI is InChI=1S/C19H20O2.C16H16O2.C3H5Br/c1-2-13-20-14-7-11-17-10-6-12-19(15-17)21-16-18-8-4-3-5-9-18;17-11-5-9-14-8-4-10-16(12-14)18-13-15-6-2-1-3-7-15;1-2-3-4/h2-12,15H,1,13-14,16H2;1-10,12,17H,11,13H2;2H,1,3H2/b11-7+;9-5+;. The number of hydrogen-bond acceptors (Lipinski definition) is 4. The van der Waals surface area contributed by atoms with Gasteiger partial charge in [0.1, 0.15) is 24.7 Å². The maximum atomic E-state index is 8.73. The Morgan fingerprint density at radius 2 is 1.09 bits per heavy atom. The zero-order chi connectivity index (χ0) is 30.8. The van der Waals surface area contributed by atoms with Crippen molar-refractivity contribution < 1.29 is 19.3 Å². The van der Waals surface area contributed by atoms with Crippen LogP contribution in [-0.4, -0.2) is 30.3 Å². The Morgan fingerprint density at radius 3 is 1.53 bits per heavy atom. The van der Waals surface area contributed by atoms with E-state index in [2.05, 4.69) is 41.2 Å². The number of halogens is 1. The summed E-state index contributed by atoms with van der Waals surface area (Å²) >= 11 is 3.13. The highest BCUT2D eigenvalue weighted by atomic mass is 79.9. The minimum Gasteiger partial charge on any atom is -0.489 e. The van der Waals surface area contributed by atoms with Crippen molar-refractivity contribution in [2.24, 2.45) is 0 Å². The van der Waals surface area contributed by atoms with Gasteiger partial charge in [-0.1, -0.05) is 137 Å². The van der Waals surface area contributed by atoms with Gasteiger partial charge in [0.25, 0.3) is 0 Å². The highest BCUT2D eigenvalue weighted by molar-refractivity contribution is 9.09. The second kappa shape index (κ2) is 23.4. The molecule has 0 atom stereocenters. The topological polar surface area (TPSA) is 47.9 Å². The Bertz CT molecular complexity index is 1350. The summed E-state index contributed by atoms with van der Waals surface area (Å²) in [6.07, 6.45) is 11.1. The molecule has 1 N–H and O–H groups in total. The van der Waals surface area contributed by atoms with E-state index in [0.717, 1.165) is 39.1 Å². The van der Waals surface area contributed by atoms with Gasteiger partial charge >= 0.3 is 0 Å². The quantitative estimate of drug-likeness (QED) is 0.0847. The highest BCUT2D eigenvalue weighted by Gasteiger charge is 1.97. The van der Waals surface area contributed by atoms with Crippen LogP contribution in [0.15, 0.2) is 147 Å². The van der Waals surface area contributed by atoms with Gasteiger partial charge in [0.15, 0.2) is 0 Å². The highest BCUT2D eigenvalue weighted by Crippen LogP contribution is 2.17. The molecule has 224 valence electrons. The number of hydrogen-bond donors (Lipinski definition) is 1. The molecule has 0 aliphatic rings. The van der Waals surface area contributed by atoms with Gasteiger partial charge in [-0.25, -0.2) is 0 Å². The largest absolute Gasteiger partial charge is 0.489 e. The molecule has 4 nitrogen and oxygen atoms in total. The fourth-order valence-corrected chi connectivity index (χ4v) is 3.49. The molecule has 0 radical (unpaired) electrons. The van der Waals surface area contributed by atoms with Gasteiger partial charge in [-0.2, -0.15) is 0 Å². The summed E-state index contributed by atoms with van der Waals surface area (Å²) in [4.78, 5) is 0. The molecule has 0 aliphatic carbocycles. The molecular weight excluding hydrogens is 600 g/mol. The predicted molar refractivity (Wildman–Crippen MR) is 185 cm³/mol. The van der Waals surface area contributed by atoms with Crippen molar-refractivity contribution in [3.63, 3.8) is 0 Å². The predicted octanol–water partition coefficient (Wildman–Crippen LogP) is 9.32. The van der Waals surface area contributed by atoms with Crippen LogP contribution in [-0.2, 0) is 18.0 Å². The Labute approximate surface area is 265 Å². The van der Waals surface area contributed by atoms with E-state index < -0.39 is 0 Å². The summed E-state index contributed by atoms with van der Waals surface area (Å²) in [5, 5.41) is 9.63. The summed E-state index contributed by atoms with van der Waals surface area (Å²) < 4.78 is 16.8. The van der Waals surface area contributed by atoms with Gasteiger partial charge in [-0.05, 0) is 46.5 Å². The van der Waals surface area contributed by atoms with E-state index in [-0.39, 0.29) is 6.61 Å². The van der Waals surface area contributed by atoms with Crippen LogP contribution in [0.2, 0.25) is 0 Å². The average Bonchev–Trinajstić information content (AvgIpc) is 3.07. The van der Waals surface area contributed by atoms with Gasteiger partial charge in [-0.3, -0.25) is 0 Å². The molecule has 0 amide bonds. The van der Waals surface area contributed by atoms with Crippen LogP contribution in [0.3, 0.4) is 0 Å². The number of aliphatic hydroxyl groups is 1. The second-order valence-corrected chi connectivity index (χ2v) is 9.60. The third-order valence-corrected chi connectivity index (χ3v) is 5.96. The molecule has 43 heavy (non-hydrogen) atoms. The molecule has 4 aromatic carbocycles. The van der Waals surface area contributed by atoms with E-state index >= 15 is 0 Å². The van der Waals surface area contributed by atoms with Crippen LogP contribution >= 0.6 is 15.9 Å². The van der Waals surface area contributed by atoms with Crippen LogP contribution in [0.1, 0.15) is 22.3 Å². The molecule has 0 saturated carbocycles. The molecule has 0 aromatic heterocycles. The van der Waals surface area contributed by atoms with Crippen LogP contribution in [0.25, 0.3) is 12.2 Å². The van der Waals surface area contributed by atoms with Crippen molar-refractivity contribution in [2.75, 3.05) is 25.2 Å². The van der Waals surface area contributed by atoms with Gasteiger partial charge in [0.2, 0.25) is 0 Å². The third kappa shape index (κ3) is 16.8. The van der Waals surface area contributed by atoms with E-state index in [1.807, 2.05) is 115 Å². The van der Waals surface area contributed by atoms with Crippen molar-refractivity contribution in [3.8, 4) is 11.5 Å². The van der Waals surface area contributed by atoms with Crippen molar-refractivity contribution in [2.45, 2.75) is 13.2 Å².